The summed E-state index contributed by atoms with van der Waals surface area (Å²) < 4.78 is 16.6. The van der Waals surface area contributed by atoms with Crippen molar-refractivity contribution < 1.29 is 18.7 Å². The molecule has 2 aliphatic heterocycles. The summed E-state index contributed by atoms with van der Waals surface area (Å²) >= 11 is 0. The van der Waals surface area contributed by atoms with Crippen LogP contribution in [0, 0.1) is 0 Å². The van der Waals surface area contributed by atoms with Crippen LogP contribution in [-0.2, 0) is 19.3 Å². The van der Waals surface area contributed by atoms with Crippen molar-refractivity contribution in [3.8, 4) is 11.5 Å². The number of nitrogens with one attached hydrogen (secondary N) is 1. The molecule has 3 heterocycles. The van der Waals surface area contributed by atoms with Gasteiger partial charge in [0, 0.05) is 36.1 Å². The Balaban J connectivity index is 1.50. The third-order valence-electron chi connectivity index (χ3n) is 4.17. The number of ether oxygens (including phenoxy) is 2. The van der Waals surface area contributed by atoms with Crippen LogP contribution >= 0.6 is 0 Å². The summed E-state index contributed by atoms with van der Waals surface area (Å²) in [6, 6.07) is 5.47. The summed E-state index contributed by atoms with van der Waals surface area (Å²) in [5.41, 5.74) is 3.63. The van der Waals surface area contributed by atoms with Crippen LogP contribution < -0.4 is 14.8 Å². The van der Waals surface area contributed by atoms with Crippen molar-refractivity contribution in [2.45, 2.75) is 19.3 Å². The molecule has 2 aliphatic rings. The van der Waals surface area contributed by atoms with E-state index in [1.165, 1.54) is 23.0 Å². The van der Waals surface area contributed by atoms with Crippen LogP contribution in [0.3, 0.4) is 0 Å². The van der Waals surface area contributed by atoms with Crippen molar-refractivity contribution >= 4 is 5.91 Å². The Labute approximate surface area is 128 Å². The molecule has 0 unspecified atom stereocenters. The molecule has 22 heavy (non-hydrogen) atoms. The number of amides is 1. The molecule has 1 aromatic heterocycles. The van der Waals surface area contributed by atoms with E-state index in [2.05, 4.69) is 11.4 Å². The molecule has 0 spiro atoms. The van der Waals surface area contributed by atoms with E-state index in [4.69, 9.17) is 13.9 Å². The third kappa shape index (κ3) is 2.22. The number of carbonyl (C=O) groups excluding carboxylic acids is 1. The van der Waals surface area contributed by atoms with E-state index in [0.29, 0.717) is 12.3 Å². The van der Waals surface area contributed by atoms with E-state index in [-0.39, 0.29) is 5.91 Å². The van der Waals surface area contributed by atoms with E-state index in [9.17, 15) is 4.79 Å². The predicted molar refractivity (Wildman–Crippen MR) is 79.6 cm³/mol. The van der Waals surface area contributed by atoms with Gasteiger partial charge in [-0.25, -0.2) is 0 Å². The van der Waals surface area contributed by atoms with Gasteiger partial charge in [0.2, 0.25) is 0 Å². The van der Waals surface area contributed by atoms with Crippen molar-refractivity contribution in [3.63, 3.8) is 0 Å². The molecule has 0 fully saturated rings. The second-order valence-electron chi connectivity index (χ2n) is 5.50. The first-order chi connectivity index (χ1) is 10.8. The highest BCUT2D eigenvalue weighted by atomic mass is 16.5. The van der Waals surface area contributed by atoms with Gasteiger partial charge in [0.1, 0.15) is 11.5 Å². The summed E-state index contributed by atoms with van der Waals surface area (Å²) in [6.07, 6.45) is 4.07. The lowest BCUT2D eigenvalue weighted by Crippen LogP contribution is -2.25. The molecule has 0 saturated heterocycles. The van der Waals surface area contributed by atoms with E-state index in [1.54, 1.807) is 12.1 Å². The first kappa shape index (κ1) is 13.2. The average molecular weight is 299 g/mol. The number of fused-ring (bicyclic) bond motifs is 2. The average Bonchev–Trinajstić information content (AvgIpc) is 3.26. The molecule has 114 valence electrons. The zero-order chi connectivity index (χ0) is 14.9. The van der Waals surface area contributed by atoms with Gasteiger partial charge in [-0.2, -0.15) is 0 Å². The number of hydrogen-bond acceptors (Lipinski definition) is 4. The molecule has 2 aromatic rings. The zero-order valence-electron chi connectivity index (χ0n) is 12.2. The summed E-state index contributed by atoms with van der Waals surface area (Å²) in [5.74, 6) is 2.13. The normalized spacial score (nSPS) is 14.9. The van der Waals surface area contributed by atoms with Gasteiger partial charge < -0.3 is 19.2 Å². The lowest BCUT2D eigenvalue weighted by Gasteiger charge is -2.13. The standard InChI is InChI=1S/C17H17NO4/c19-17(14-2-1-7-20-14)18-6-3-13-12-5-9-21-15(12)10-11-4-8-22-16(11)13/h1-2,7,10H,3-6,8-9H2,(H,18,19). The lowest BCUT2D eigenvalue weighted by molar-refractivity contribution is 0.0926. The monoisotopic (exact) mass is 299 g/mol. The predicted octanol–water partition coefficient (Wildman–Crippen LogP) is 2.12. The van der Waals surface area contributed by atoms with Crippen molar-refractivity contribution in [2.24, 2.45) is 0 Å². The van der Waals surface area contributed by atoms with Crippen LogP contribution in [0.5, 0.6) is 11.5 Å². The van der Waals surface area contributed by atoms with E-state index >= 15 is 0 Å². The van der Waals surface area contributed by atoms with Crippen LogP contribution in [0.25, 0.3) is 0 Å². The van der Waals surface area contributed by atoms with Gasteiger partial charge in [-0.05, 0) is 24.6 Å². The summed E-state index contributed by atoms with van der Waals surface area (Å²) in [5, 5.41) is 2.89. The number of hydrogen-bond donors (Lipinski definition) is 1. The van der Waals surface area contributed by atoms with E-state index in [1.807, 2.05) is 0 Å². The maximum absolute atomic E-state index is 11.9. The second-order valence-corrected chi connectivity index (χ2v) is 5.50. The molecular weight excluding hydrogens is 282 g/mol. The zero-order valence-corrected chi connectivity index (χ0v) is 12.2. The SMILES string of the molecule is O=C(NCCc1c2c(cc3c1OCC3)OCC2)c1ccco1. The molecule has 1 N–H and O–H groups in total. The molecule has 1 amide bonds. The first-order valence-electron chi connectivity index (χ1n) is 7.58. The van der Waals surface area contributed by atoms with Gasteiger partial charge in [-0.3, -0.25) is 4.79 Å². The Hall–Kier alpha value is -2.43. The highest BCUT2D eigenvalue weighted by Gasteiger charge is 2.26. The van der Waals surface area contributed by atoms with Gasteiger partial charge in [-0.15, -0.1) is 0 Å². The van der Waals surface area contributed by atoms with Crippen LogP contribution in [0.4, 0.5) is 0 Å². The maximum atomic E-state index is 11.9. The smallest absolute Gasteiger partial charge is 0.286 e. The van der Waals surface area contributed by atoms with Crippen molar-refractivity contribution in [2.75, 3.05) is 19.8 Å². The summed E-state index contributed by atoms with van der Waals surface area (Å²) in [7, 11) is 0. The van der Waals surface area contributed by atoms with E-state index < -0.39 is 0 Å². The third-order valence-corrected chi connectivity index (χ3v) is 4.17. The Morgan fingerprint density at radius 2 is 2.14 bits per heavy atom. The quantitative estimate of drug-likeness (QED) is 0.939. The fourth-order valence-electron chi connectivity index (χ4n) is 3.15. The van der Waals surface area contributed by atoms with Crippen molar-refractivity contribution in [1.29, 1.82) is 0 Å². The number of furan rings is 1. The van der Waals surface area contributed by atoms with Gasteiger partial charge in [0.05, 0.1) is 19.5 Å². The Kier molecular flexibility index (Phi) is 3.25. The van der Waals surface area contributed by atoms with Crippen LogP contribution in [0.1, 0.15) is 27.2 Å². The molecule has 0 bridgehead atoms. The molecule has 5 heteroatoms. The Morgan fingerprint density at radius 1 is 1.23 bits per heavy atom. The maximum Gasteiger partial charge on any atom is 0.286 e. The van der Waals surface area contributed by atoms with Crippen LogP contribution in [-0.4, -0.2) is 25.7 Å². The number of carbonyl (C=O) groups is 1. The van der Waals surface area contributed by atoms with E-state index in [0.717, 1.165) is 44.0 Å². The largest absolute Gasteiger partial charge is 0.493 e. The second kappa shape index (κ2) is 5.40. The molecule has 1 aromatic carbocycles. The minimum absolute atomic E-state index is 0.189. The van der Waals surface area contributed by atoms with Crippen LogP contribution in [0.2, 0.25) is 0 Å². The molecule has 0 atom stereocenters. The van der Waals surface area contributed by atoms with Gasteiger partial charge in [0.15, 0.2) is 5.76 Å². The molecule has 5 nitrogen and oxygen atoms in total. The molecule has 4 rings (SSSR count). The summed E-state index contributed by atoms with van der Waals surface area (Å²) in [4.78, 5) is 11.9. The number of benzene rings is 1. The Bertz CT molecular complexity index is 674. The van der Waals surface area contributed by atoms with Gasteiger partial charge in [0.25, 0.3) is 5.91 Å². The van der Waals surface area contributed by atoms with Crippen molar-refractivity contribution in [1.82, 2.24) is 5.32 Å². The van der Waals surface area contributed by atoms with Gasteiger partial charge >= 0.3 is 0 Å². The topological polar surface area (TPSA) is 60.7 Å². The molecule has 0 radical (unpaired) electrons. The highest BCUT2D eigenvalue weighted by Crippen LogP contribution is 2.40. The first-order valence-corrected chi connectivity index (χ1v) is 7.58. The number of rotatable bonds is 4. The lowest BCUT2D eigenvalue weighted by atomic mass is 9.97. The fraction of sp³-hybridized carbons (Fsp3) is 0.353. The fourth-order valence-corrected chi connectivity index (χ4v) is 3.15. The summed E-state index contributed by atoms with van der Waals surface area (Å²) in [6.45, 7) is 2.00. The van der Waals surface area contributed by atoms with Crippen LogP contribution in [0.15, 0.2) is 28.9 Å². The van der Waals surface area contributed by atoms with Gasteiger partial charge in [-0.1, -0.05) is 0 Å². The Morgan fingerprint density at radius 3 is 3.00 bits per heavy atom. The molecule has 0 aliphatic carbocycles. The molecule has 0 saturated carbocycles. The highest BCUT2D eigenvalue weighted by molar-refractivity contribution is 5.91. The minimum Gasteiger partial charge on any atom is -0.493 e. The van der Waals surface area contributed by atoms with Crippen molar-refractivity contribution in [3.05, 3.63) is 46.9 Å². The molecular formula is C17H17NO4. The minimum atomic E-state index is -0.189.